The number of pyridine rings is 1. The molecule has 3 nitrogen and oxygen atoms in total. The maximum atomic E-state index is 13.8. The molecule has 1 heterocycles. The van der Waals surface area contributed by atoms with Crippen LogP contribution >= 0.6 is 15.9 Å². The maximum Gasteiger partial charge on any atom is 0.166 e. The summed E-state index contributed by atoms with van der Waals surface area (Å²) in [7, 11) is 0. The van der Waals surface area contributed by atoms with Gasteiger partial charge in [-0.2, -0.15) is 0 Å². The van der Waals surface area contributed by atoms with Gasteiger partial charge in [-0.15, -0.1) is 0 Å². The molecule has 0 saturated heterocycles. The predicted molar refractivity (Wildman–Crippen MR) is 80.4 cm³/mol. The van der Waals surface area contributed by atoms with E-state index in [0.717, 1.165) is 5.56 Å². The Morgan fingerprint density at radius 3 is 2.80 bits per heavy atom. The summed E-state index contributed by atoms with van der Waals surface area (Å²) in [5.74, 6) is 0.401. The van der Waals surface area contributed by atoms with Crippen molar-refractivity contribution in [2.75, 3.05) is 0 Å². The van der Waals surface area contributed by atoms with Crippen LogP contribution in [-0.2, 0) is 6.54 Å². The third-order valence-electron chi connectivity index (χ3n) is 2.67. The molecule has 0 bridgehead atoms. The molecule has 0 amide bonds. The van der Waals surface area contributed by atoms with E-state index in [1.807, 2.05) is 0 Å². The molecule has 20 heavy (non-hydrogen) atoms. The van der Waals surface area contributed by atoms with Crippen molar-refractivity contribution in [2.24, 2.45) is 0 Å². The molecule has 1 aromatic carbocycles. The highest BCUT2D eigenvalue weighted by atomic mass is 79.9. The molecule has 0 atom stereocenters. The van der Waals surface area contributed by atoms with Crippen LogP contribution in [-0.4, -0.2) is 11.0 Å². The molecule has 1 aromatic heterocycles. The minimum Gasteiger partial charge on any atom is -0.454 e. The van der Waals surface area contributed by atoms with E-state index in [1.54, 1.807) is 30.6 Å². The number of rotatable bonds is 5. The van der Waals surface area contributed by atoms with Crippen molar-refractivity contribution in [1.82, 2.24) is 10.3 Å². The molecule has 106 valence electrons. The van der Waals surface area contributed by atoms with E-state index in [0.29, 0.717) is 22.8 Å². The fourth-order valence-electron chi connectivity index (χ4n) is 1.64. The molecule has 0 aliphatic rings. The molecule has 2 rings (SSSR count). The molecule has 1 N–H and O–H groups in total. The Morgan fingerprint density at radius 1 is 1.30 bits per heavy atom. The van der Waals surface area contributed by atoms with Crippen LogP contribution in [0, 0.1) is 5.82 Å². The van der Waals surface area contributed by atoms with Crippen LogP contribution in [0.3, 0.4) is 0 Å². The molecule has 0 radical (unpaired) electrons. The highest BCUT2D eigenvalue weighted by Gasteiger charge is 2.09. The fourth-order valence-corrected chi connectivity index (χ4v) is 1.97. The lowest BCUT2D eigenvalue weighted by atomic mass is 10.2. The Balaban J connectivity index is 2.20. The lowest BCUT2D eigenvalue weighted by Crippen LogP contribution is -2.22. The summed E-state index contributed by atoms with van der Waals surface area (Å²) in [4.78, 5) is 4.08. The molecule has 0 aliphatic carbocycles. The normalized spacial score (nSPS) is 10.8. The number of benzene rings is 1. The van der Waals surface area contributed by atoms with Gasteiger partial charge < -0.3 is 10.1 Å². The minimum atomic E-state index is -0.404. The Bertz CT molecular complexity index is 590. The summed E-state index contributed by atoms with van der Waals surface area (Å²) in [5, 5.41) is 3.29. The summed E-state index contributed by atoms with van der Waals surface area (Å²) in [6.45, 7) is 4.75. The Hall–Kier alpha value is -1.46. The van der Waals surface area contributed by atoms with Crippen LogP contribution < -0.4 is 10.1 Å². The SMILES string of the molecule is CC(C)NCc1cnccc1Oc1ccc(Br)cc1F. The van der Waals surface area contributed by atoms with Gasteiger partial charge in [-0.05, 0) is 24.3 Å². The molecule has 5 heteroatoms. The fraction of sp³-hybridized carbons (Fsp3) is 0.267. The second-order valence-corrected chi connectivity index (χ2v) is 5.61. The Kier molecular flexibility index (Phi) is 5.09. The first-order valence-electron chi connectivity index (χ1n) is 6.35. The number of nitrogens with zero attached hydrogens (tertiary/aromatic N) is 1. The van der Waals surface area contributed by atoms with E-state index in [9.17, 15) is 4.39 Å². The van der Waals surface area contributed by atoms with Crippen molar-refractivity contribution >= 4 is 15.9 Å². The van der Waals surface area contributed by atoms with Gasteiger partial charge in [0.1, 0.15) is 5.75 Å². The van der Waals surface area contributed by atoms with Gasteiger partial charge in [-0.3, -0.25) is 4.98 Å². The third kappa shape index (κ3) is 4.02. The van der Waals surface area contributed by atoms with E-state index in [4.69, 9.17) is 4.74 Å². The zero-order chi connectivity index (χ0) is 14.5. The van der Waals surface area contributed by atoms with Gasteiger partial charge in [-0.25, -0.2) is 4.39 Å². The van der Waals surface area contributed by atoms with Gasteiger partial charge in [0.2, 0.25) is 0 Å². The monoisotopic (exact) mass is 338 g/mol. The van der Waals surface area contributed by atoms with Crippen molar-refractivity contribution in [3.63, 3.8) is 0 Å². The van der Waals surface area contributed by atoms with Crippen LogP contribution in [0.25, 0.3) is 0 Å². The number of halogens is 2. The molecule has 0 unspecified atom stereocenters. The molecular formula is C15H16BrFN2O. The van der Waals surface area contributed by atoms with Crippen molar-refractivity contribution in [2.45, 2.75) is 26.4 Å². The smallest absolute Gasteiger partial charge is 0.166 e. The van der Waals surface area contributed by atoms with E-state index in [2.05, 4.69) is 40.1 Å². The van der Waals surface area contributed by atoms with Crippen LogP contribution in [0.5, 0.6) is 11.5 Å². The van der Waals surface area contributed by atoms with E-state index >= 15 is 0 Å². The van der Waals surface area contributed by atoms with Crippen LogP contribution in [0.4, 0.5) is 4.39 Å². The number of ether oxygens (including phenoxy) is 1. The molecule has 0 fully saturated rings. The van der Waals surface area contributed by atoms with Gasteiger partial charge in [0, 0.05) is 35.0 Å². The predicted octanol–water partition coefficient (Wildman–Crippen LogP) is 4.27. The molecule has 2 aromatic rings. The first kappa shape index (κ1) is 14.9. The van der Waals surface area contributed by atoms with E-state index in [-0.39, 0.29) is 5.75 Å². The van der Waals surface area contributed by atoms with E-state index < -0.39 is 5.82 Å². The third-order valence-corrected chi connectivity index (χ3v) is 3.17. The van der Waals surface area contributed by atoms with Crippen LogP contribution in [0.1, 0.15) is 19.4 Å². The van der Waals surface area contributed by atoms with Gasteiger partial charge in [-0.1, -0.05) is 29.8 Å². The summed E-state index contributed by atoms with van der Waals surface area (Å²) in [6.07, 6.45) is 3.35. The number of hydrogen-bond donors (Lipinski definition) is 1. The average molecular weight is 339 g/mol. The first-order valence-corrected chi connectivity index (χ1v) is 7.14. The quantitative estimate of drug-likeness (QED) is 0.883. The van der Waals surface area contributed by atoms with Crippen molar-refractivity contribution < 1.29 is 9.13 Å². The summed E-state index contributed by atoms with van der Waals surface area (Å²) in [5.41, 5.74) is 0.892. The minimum absolute atomic E-state index is 0.199. The van der Waals surface area contributed by atoms with Crippen molar-refractivity contribution in [1.29, 1.82) is 0 Å². The number of nitrogens with one attached hydrogen (secondary N) is 1. The average Bonchev–Trinajstić information content (AvgIpc) is 2.41. The number of aromatic nitrogens is 1. The van der Waals surface area contributed by atoms with Crippen LogP contribution in [0.2, 0.25) is 0 Å². The van der Waals surface area contributed by atoms with Gasteiger partial charge >= 0.3 is 0 Å². The summed E-state index contributed by atoms with van der Waals surface area (Å²) >= 11 is 3.22. The maximum absolute atomic E-state index is 13.8. The molecule has 0 spiro atoms. The summed E-state index contributed by atoms with van der Waals surface area (Å²) in [6, 6.07) is 6.81. The van der Waals surface area contributed by atoms with Crippen LogP contribution in [0.15, 0.2) is 41.1 Å². The van der Waals surface area contributed by atoms with E-state index in [1.165, 1.54) is 6.07 Å². The van der Waals surface area contributed by atoms with Gasteiger partial charge in [0.25, 0.3) is 0 Å². The molecule has 0 aliphatic heterocycles. The van der Waals surface area contributed by atoms with Gasteiger partial charge in [0.15, 0.2) is 11.6 Å². The van der Waals surface area contributed by atoms with Crippen molar-refractivity contribution in [3.8, 4) is 11.5 Å². The van der Waals surface area contributed by atoms with Crippen molar-refractivity contribution in [3.05, 3.63) is 52.5 Å². The number of hydrogen-bond acceptors (Lipinski definition) is 3. The highest BCUT2D eigenvalue weighted by molar-refractivity contribution is 9.10. The largest absolute Gasteiger partial charge is 0.454 e. The standard InChI is InChI=1S/C15H16BrFN2O/c1-10(2)19-9-11-8-18-6-5-14(11)20-15-4-3-12(16)7-13(15)17/h3-8,10,19H,9H2,1-2H3. The molecular weight excluding hydrogens is 323 g/mol. The second kappa shape index (κ2) is 6.81. The highest BCUT2D eigenvalue weighted by Crippen LogP contribution is 2.28. The summed E-state index contributed by atoms with van der Waals surface area (Å²) < 4.78 is 20.1. The molecule has 0 saturated carbocycles. The second-order valence-electron chi connectivity index (χ2n) is 4.70. The Morgan fingerprint density at radius 2 is 2.10 bits per heavy atom. The Labute approximate surface area is 126 Å². The zero-order valence-corrected chi connectivity index (χ0v) is 12.9. The van der Waals surface area contributed by atoms with Gasteiger partial charge in [0.05, 0.1) is 0 Å². The first-order chi connectivity index (χ1) is 9.56. The lowest BCUT2D eigenvalue weighted by Gasteiger charge is -2.13. The topological polar surface area (TPSA) is 34.2 Å². The zero-order valence-electron chi connectivity index (χ0n) is 11.4. The lowest BCUT2D eigenvalue weighted by molar-refractivity contribution is 0.433.